The van der Waals surface area contributed by atoms with Crippen molar-refractivity contribution in [3.63, 3.8) is 0 Å². The zero-order valence-electron chi connectivity index (χ0n) is 28.5. The molecule has 1 heterocycles. The van der Waals surface area contributed by atoms with E-state index in [4.69, 9.17) is 23.7 Å². The van der Waals surface area contributed by atoms with E-state index in [1.165, 1.54) is 82.1 Å². The van der Waals surface area contributed by atoms with E-state index < -0.39 is 24.0 Å². The monoisotopic (exact) mass is 658 g/mol. The zero-order chi connectivity index (χ0) is 34.0. The Morgan fingerprint density at radius 2 is 0.938 bits per heavy atom. The van der Waals surface area contributed by atoms with Crippen LogP contribution in [0.4, 0.5) is 0 Å². The number of hydrogen-bond donors (Lipinski definition) is 0. The molecular formula is C40H50O8. The van der Waals surface area contributed by atoms with Crippen LogP contribution in [0.2, 0.25) is 0 Å². The van der Waals surface area contributed by atoms with Gasteiger partial charge in [0.2, 0.25) is 0 Å². The molecule has 0 unspecified atom stereocenters. The van der Waals surface area contributed by atoms with Gasteiger partial charge in [-0.05, 0) is 85.6 Å². The molecule has 0 amide bonds. The van der Waals surface area contributed by atoms with Crippen LogP contribution in [0.5, 0.6) is 23.0 Å². The van der Waals surface area contributed by atoms with Crippen LogP contribution in [-0.4, -0.2) is 36.7 Å². The van der Waals surface area contributed by atoms with Crippen molar-refractivity contribution in [2.75, 3.05) is 6.61 Å². The lowest BCUT2D eigenvalue weighted by Gasteiger charge is -2.09. The van der Waals surface area contributed by atoms with Gasteiger partial charge in [0.1, 0.15) is 23.0 Å². The fourth-order valence-electron chi connectivity index (χ4n) is 5.37. The highest BCUT2D eigenvalue weighted by Crippen LogP contribution is 2.30. The predicted octanol–water partition coefficient (Wildman–Crippen LogP) is 9.68. The van der Waals surface area contributed by atoms with Crippen molar-refractivity contribution in [2.45, 2.75) is 116 Å². The summed E-state index contributed by atoms with van der Waals surface area (Å²) in [5, 5.41) is 0. The average molecular weight is 659 g/mol. The van der Waals surface area contributed by atoms with Crippen molar-refractivity contribution in [1.29, 1.82) is 0 Å². The minimum absolute atomic E-state index is 0.0608. The Balaban J connectivity index is 1.13. The van der Waals surface area contributed by atoms with Gasteiger partial charge in [0.25, 0.3) is 0 Å². The zero-order valence-corrected chi connectivity index (χ0v) is 28.5. The first-order valence-electron chi connectivity index (χ1n) is 17.7. The Morgan fingerprint density at radius 3 is 1.46 bits per heavy atom. The molecule has 1 saturated heterocycles. The molecule has 48 heavy (non-hydrogen) atoms. The second-order valence-electron chi connectivity index (χ2n) is 12.3. The quantitative estimate of drug-likeness (QED) is 0.0455. The van der Waals surface area contributed by atoms with Crippen molar-refractivity contribution < 1.29 is 38.1 Å². The molecule has 3 aromatic rings. The highest BCUT2D eigenvalue weighted by atomic mass is 16.6. The summed E-state index contributed by atoms with van der Waals surface area (Å²) in [5.41, 5.74) is 0.683. The first kappa shape index (κ1) is 36.7. The minimum Gasteiger partial charge on any atom is -0.494 e. The molecule has 0 spiro atoms. The van der Waals surface area contributed by atoms with E-state index in [2.05, 4.69) is 13.8 Å². The van der Waals surface area contributed by atoms with Gasteiger partial charge in [0.15, 0.2) is 6.10 Å². The number of ether oxygens (including phenoxy) is 5. The van der Waals surface area contributed by atoms with Gasteiger partial charge >= 0.3 is 17.9 Å². The summed E-state index contributed by atoms with van der Waals surface area (Å²) in [6.45, 7) is 5.08. The van der Waals surface area contributed by atoms with E-state index in [9.17, 15) is 14.4 Å². The van der Waals surface area contributed by atoms with Crippen LogP contribution in [0.15, 0.2) is 72.8 Å². The Kier molecular flexibility index (Phi) is 15.5. The van der Waals surface area contributed by atoms with Crippen LogP contribution in [0, 0.1) is 0 Å². The molecule has 1 aliphatic heterocycles. The van der Waals surface area contributed by atoms with E-state index in [-0.39, 0.29) is 11.7 Å². The van der Waals surface area contributed by atoms with E-state index in [0.717, 1.165) is 32.1 Å². The molecule has 1 fully saturated rings. The maximum atomic E-state index is 12.7. The maximum Gasteiger partial charge on any atom is 0.343 e. The largest absolute Gasteiger partial charge is 0.494 e. The smallest absolute Gasteiger partial charge is 0.343 e. The summed E-state index contributed by atoms with van der Waals surface area (Å²) < 4.78 is 27.7. The SMILES string of the molecule is CCCCCCCCC[C@@H]1O[C@H]1C(=O)Oc1ccc(OC(=O)c2ccc(OC(=O)c3ccc(OCCCCCCCC)cc3)cc2)cc1. The first-order valence-corrected chi connectivity index (χ1v) is 17.7. The molecule has 8 nitrogen and oxygen atoms in total. The van der Waals surface area contributed by atoms with Crippen molar-refractivity contribution in [1.82, 2.24) is 0 Å². The second-order valence-corrected chi connectivity index (χ2v) is 12.3. The summed E-state index contributed by atoms with van der Waals surface area (Å²) in [4.78, 5) is 37.7. The number of epoxide rings is 1. The third-order valence-electron chi connectivity index (χ3n) is 8.32. The molecule has 4 rings (SSSR count). The van der Waals surface area contributed by atoms with Crippen LogP contribution in [0.3, 0.4) is 0 Å². The summed E-state index contributed by atoms with van der Waals surface area (Å²) in [7, 11) is 0. The third kappa shape index (κ3) is 12.8. The number of carbonyl (C=O) groups is 3. The molecule has 3 aromatic carbocycles. The Bertz CT molecular complexity index is 1400. The fraction of sp³-hybridized carbons (Fsp3) is 0.475. The highest BCUT2D eigenvalue weighted by molar-refractivity contribution is 5.92. The van der Waals surface area contributed by atoms with Gasteiger partial charge in [-0.1, -0.05) is 90.9 Å². The summed E-state index contributed by atoms with van der Waals surface area (Å²) in [6.07, 6.45) is 16.0. The van der Waals surface area contributed by atoms with Crippen molar-refractivity contribution >= 4 is 17.9 Å². The number of unbranched alkanes of at least 4 members (excludes halogenated alkanes) is 11. The van der Waals surface area contributed by atoms with Gasteiger partial charge in [0.05, 0.1) is 23.8 Å². The molecule has 0 saturated carbocycles. The van der Waals surface area contributed by atoms with Crippen LogP contribution in [0.25, 0.3) is 0 Å². The van der Waals surface area contributed by atoms with Crippen molar-refractivity contribution in [3.05, 3.63) is 83.9 Å². The van der Waals surface area contributed by atoms with Gasteiger partial charge < -0.3 is 23.7 Å². The Hall–Kier alpha value is -4.17. The summed E-state index contributed by atoms with van der Waals surface area (Å²) in [6, 6.07) is 19.3. The molecule has 0 aromatic heterocycles. The minimum atomic E-state index is -0.575. The average Bonchev–Trinajstić information content (AvgIpc) is 3.89. The van der Waals surface area contributed by atoms with Crippen LogP contribution < -0.4 is 18.9 Å². The lowest BCUT2D eigenvalue weighted by atomic mass is 10.1. The molecule has 1 aliphatic rings. The summed E-state index contributed by atoms with van der Waals surface area (Å²) in [5.74, 6) is 0.183. The van der Waals surface area contributed by atoms with Crippen molar-refractivity contribution in [2.24, 2.45) is 0 Å². The molecule has 0 N–H and O–H groups in total. The normalized spacial score (nSPS) is 15.0. The van der Waals surface area contributed by atoms with E-state index in [1.54, 1.807) is 48.5 Å². The van der Waals surface area contributed by atoms with Gasteiger partial charge in [-0.2, -0.15) is 0 Å². The number of benzene rings is 3. The third-order valence-corrected chi connectivity index (χ3v) is 8.32. The first-order chi connectivity index (χ1) is 23.5. The Morgan fingerprint density at radius 1 is 0.521 bits per heavy atom. The molecule has 2 atom stereocenters. The number of hydrogen-bond acceptors (Lipinski definition) is 8. The van der Waals surface area contributed by atoms with Gasteiger partial charge in [-0.25, -0.2) is 14.4 Å². The highest BCUT2D eigenvalue weighted by Gasteiger charge is 2.45. The topological polar surface area (TPSA) is 101 Å². The number of carbonyl (C=O) groups excluding carboxylic acids is 3. The lowest BCUT2D eigenvalue weighted by molar-refractivity contribution is -0.135. The molecule has 0 aliphatic carbocycles. The molecule has 0 radical (unpaired) electrons. The van der Waals surface area contributed by atoms with E-state index in [0.29, 0.717) is 35.2 Å². The van der Waals surface area contributed by atoms with Gasteiger partial charge in [0, 0.05) is 0 Å². The molecular weight excluding hydrogens is 608 g/mol. The Labute approximate surface area is 285 Å². The second kappa shape index (κ2) is 20.3. The van der Waals surface area contributed by atoms with Crippen molar-refractivity contribution in [3.8, 4) is 23.0 Å². The molecule has 258 valence electrons. The van der Waals surface area contributed by atoms with Crippen LogP contribution in [-0.2, 0) is 9.53 Å². The standard InChI is InChI=1S/C40H50O8/c1-3-5-7-9-11-12-14-16-36-37(48-36)40(43)47-35-27-25-34(26-28-35)46-39(42)31-19-23-33(24-20-31)45-38(41)30-17-21-32(22-18-30)44-29-15-13-10-8-6-4-2/h17-28,36-37H,3-16,29H2,1-2H3/t36-,37+/m0/s1. The van der Waals surface area contributed by atoms with E-state index in [1.807, 2.05) is 0 Å². The molecule has 8 heteroatoms. The van der Waals surface area contributed by atoms with Crippen LogP contribution >= 0.6 is 0 Å². The van der Waals surface area contributed by atoms with Gasteiger partial charge in [-0.15, -0.1) is 0 Å². The number of rotatable bonds is 22. The molecule has 0 bridgehead atoms. The lowest BCUT2D eigenvalue weighted by Crippen LogP contribution is -2.17. The fourth-order valence-corrected chi connectivity index (χ4v) is 5.37. The number of esters is 3. The van der Waals surface area contributed by atoms with Gasteiger partial charge in [-0.3, -0.25) is 0 Å². The summed E-state index contributed by atoms with van der Waals surface area (Å²) >= 11 is 0. The van der Waals surface area contributed by atoms with E-state index >= 15 is 0 Å². The van der Waals surface area contributed by atoms with Crippen LogP contribution in [0.1, 0.15) is 124 Å². The predicted molar refractivity (Wildman–Crippen MR) is 185 cm³/mol. The maximum absolute atomic E-state index is 12.7.